The lowest BCUT2D eigenvalue weighted by atomic mass is 10.1. The summed E-state index contributed by atoms with van der Waals surface area (Å²) in [5.74, 6) is 1.86. The van der Waals surface area contributed by atoms with Crippen molar-refractivity contribution in [3.63, 3.8) is 0 Å². The molecular formula is C15H21N3O2. The summed E-state index contributed by atoms with van der Waals surface area (Å²) in [6.45, 7) is 3.99. The predicted octanol–water partition coefficient (Wildman–Crippen LogP) is 2.58. The van der Waals surface area contributed by atoms with Crippen molar-refractivity contribution in [3.05, 3.63) is 41.6 Å². The number of hydrogen-bond donors (Lipinski definition) is 1. The van der Waals surface area contributed by atoms with Gasteiger partial charge in [-0.05, 0) is 24.6 Å². The maximum absolute atomic E-state index is 5.47. The van der Waals surface area contributed by atoms with Crippen LogP contribution in [0.3, 0.4) is 0 Å². The van der Waals surface area contributed by atoms with Gasteiger partial charge >= 0.3 is 0 Å². The molecule has 0 bridgehead atoms. The number of aryl methyl sites for hydroxylation is 1. The molecule has 2 aromatic rings. The fourth-order valence-corrected chi connectivity index (χ4v) is 2.01. The van der Waals surface area contributed by atoms with Crippen molar-refractivity contribution in [2.45, 2.75) is 20.1 Å². The van der Waals surface area contributed by atoms with Gasteiger partial charge in [-0.3, -0.25) is 4.68 Å². The fourth-order valence-electron chi connectivity index (χ4n) is 2.01. The van der Waals surface area contributed by atoms with Gasteiger partial charge in [0, 0.05) is 31.8 Å². The molecule has 0 fully saturated rings. The van der Waals surface area contributed by atoms with Crippen molar-refractivity contribution in [1.29, 1.82) is 0 Å². The molecule has 0 aliphatic rings. The van der Waals surface area contributed by atoms with Crippen molar-refractivity contribution < 1.29 is 9.47 Å². The van der Waals surface area contributed by atoms with Crippen LogP contribution >= 0.6 is 0 Å². The van der Waals surface area contributed by atoms with E-state index >= 15 is 0 Å². The summed E-state index contributed by atoms with van der Waals surface area (Å²) < 4.78 is 12.6. The highest BCUT2D eigenvalue weighted by molar-refractivity contribution is 5.40. The average molecular weight is 275 g/mol. The summed E-state index contributed by atoms with van der Waals surface area (Å²) in [5, 5.41) is 7.48. The minimum absolute atomic E-state index is 0.569. The monoisotopic (exact) mass is 275 g/mol. The Morgan fingerprint density at radius 1 is 1.30 bits per heavy atom. The zero-order valence-electron chi connectivity index (χ0n) is 12.2. The summed E-state index contributed by atoms with van der Waals surface area (Å²) >= 11 is 0. The van der Waals surface area contributed by atoms with Crippen LogP contribution in [0.5, 0.6) is 5.75 Å². The van der Waals surface area contributed by atoms with E-state index in [1.165, 1.54) is 5.56 Å². The van der Waals surface area contributed by atoms with Crippen LogP contribution in [0.15, 0.2) is 30.5 Å². The highest BCUT2D eigenvalue weighted by atomic mass is 16.5. The van der Waals surface area contributed by atoms with Crippen LogP contribution in [-0.2, 0) is 24.9 Å². The van der Waals surface area contributed by atoms with Crippen molar-refractivity contribution in [2.75, 3.05) is 19.0 Å². The first-order valence-corrected chi connectivity index (χ1v) is 6.70. The summed E-state index contributed by atoms with van der Waals surface area (Å²) in [4.78, 5) is 0. The van der Waals surface area contributed by atoms with E-state index in [1.807, 2.05) is 30.8 Å². The Hall–Kier alpha value is -2.01. The molecule has 5 heteroatoms. The maximum Gasteiger partial charge on any atom is 0.124 e. The van der Waals surface area contributed by atoms with E-state index in [9.17, 15) is 0 Å². The highest BCUT2D eigenvalue weighted by Gasteiger charge is 2.05. The highest BCUT2D eigenvalue weighted by Crippen LogP contribution is 2.21. The Morgan fingerprint density at radius 2 is 2.15 bits per heavy atom. The Bertz CT molecular complexity index is 552. The van der Waals surface area contributed by atoms with Gasteiger partial charge in [0.05, 0.1) is 19.9 Å². The van der Waals surface area contributed by atoms with Gasteiger partial charge in [0.2, 0.25) is 0 Å². The third kappa shape index (κ3) is 3.51. The molecule has 0 unspecified atom stereocenters. The summed E-state index contributed by atoms with van der Waals surface area (Å²) in [5.41, 5.74) is 2.25. The van der Waals surface area contributed by atoms with Gasteiger partial charge < -0.3 is 14.8 Å². The smallest absolute Gasteiger partial charge is 0.124 e. The van der Waals surface area contributed by atoms with E-state index < -0.39 is 0 Å². The van der Waals surface area contributed by atoms with E-state index in [1.54, 1.807) is 13.3 Å². The van der Waals surface area contributed by atoms with Gasteiger partial charge in [0.25, 0.3) is 0 Å². The van der Waals surface area contributed by atoms with Crippen LogP contribution in [-0.4, -0.2) is 23.5 Å². The van der Waals surface area contributed by atoms with Crippen LogP contribution in [0.2, 0.25) is 0 Å². The fraction of sp³-hybridized carbons (Fsp3) is 0.400. The molecule has 0 amide bonds. The molecule has 0 spiro atoms. The number of methoxy groups -OCH3 is 1. The lowest BCUT2D eigenvalue weighted by Crippen LogP contribution is -2.05. The Kier molecular flexibility index (Phi) is 5.01. The maximum atomic E-state index is 5.47. The first-order chi connectivity index (χ1) is 9.74. The predicted molar refractivity (Wildman–Crippen MR) is 78.9 cm³/mol. The van der Waals surface area contributed by atoms with Gasteiger partial charge in [-0.2, -0.15) is 5.10 Å². The molecule has 1 aromatic carbocycles. The molecule has 5 nitrogen and oxygen atoms in total. The molecule has 1 aromatic heterocycles. The van der Waals surface area contributed by atoms with Gasteiger partial charge in [0.1, 0.15) is 11.6 Å². The number of benzene rings is 1. The molecule has 0 atom stereocenters. The Morgan fingerprint density at radius 3 is 2.80 bits per heavy atom. The molecule has 1 N–H and O–H groups in total. The van der Waals surface area contributed by atoms with Crippen LogP contribution in [0.25, 0.3) is 0 Å². The minimum Gasteiger partial charge on any atom is -0.496 e. The second kappa shape index (κ2) is 6.96. The van der Waals surface area contributed by atoms with Crippen LogP contribution in [0, 0.1) is 0 Å². The Labute approximate surface area is 119 Å². The molecule has 2 rings (SSSR count). The minimum atomic E-state index is 0.569. The molecular weight excluding hydrogens is 254 g/mol. The molecule has 0 saturated heterocycles. The van der Waals surface area contributed by atoms with E-state index in [4.69, 9.17) is 9.47 Å². The van der Waals surface area contributed by atoms with Crippen LogP contribution in [0.1, 0.15) is 18.1 Å². The van der Waals surface area contributed by atoms with Crippen LogP contribution in [0.4, 0.5) is 5.82 Å². The van der Waals surface area contributed by atoms with Crippen molar-refractivity contribution >= 4 is 5.82 Å². The first-order valence-electron chi connectivity index (χ1n) is 6.70. The van der Waals surface area contributed by atoms with Gasteiger partial charge in [-0.1, -0.05) is 6.07 Å². The number of hydrogen-bond acceptors (Lipinski definition) is 4. The molecule has 0 radical (unpaired) electrons. The van der Waals surface area contributed by atoms with E-state index in [-0.39, 0.29) is 0 Å². The zero-order valence-corrected chi connectivity index (χ0v) is 12.2. The summed E-state index contributed by atoms with van der Waals surface area (Å²) in [7, 11) is 3.59. The second-order valence-corrected chi connectivity index (χ2v) is 4.48. The first kappa shape index (κ1) is 14.4. The summed E-state index contributed by atoms with van der Waals surface area (Å²) in [6, 6.07) is 8.09. The molecule has 0 aliphatic heterocycles. The SMILES string of the molecule is CCOCc1cc(CNc2ccnn2C)ccc1OC. The molecule has 0 aliphatic carbocycles. The van der Waals surface area contributed by atoms with Crippen molar-refractivity contribution in [1.82, 2.24) is 9.78 Å². The number of nitrogens with one attached hydrogen (secondary N) is 1. The standard InChI is InChI=1S/C15H21N3O2/c1-4-20-11-13-9-12(5-6-14(13)19-3)10-16-15-7-8-17-18(15)2/h5-9,16H,4,10-11H2,1-3H3. The largest absolute Gasteiger partial charge is 0.496 e. The normalized spacial score (nSPS) is 10.6. The molecule has 1 heterocycles. The zero-order chi connectivity index (χ0) is 14.4. The second-order valence-electron chi connectivity index (χ2n) is 4.48. The number of anilines is 1. The lowest BCUT2D eigenvalue weighted by Gasteiger charge is -2.12. The molecule has 108 valence electrons. The van der Waals surface area contributed by atoms with Gasteiger partial charge in [-0.25, -0.2) is 0 Å². The number of aromatic nitrogens is 2. The van der Waals surface area contributed by atoms with E-state index in [0.717, 1.165) is 23.7 Å². The topological polar surface area (TPSA) is 48.3 Å². The van der Waals surface area contributed by atoms with Crippen molar-refractivity contribution in [3.8, 4) is 5.75 Å². The van der Waals surface area contributed by atoms with E-state index in [0.29, 0.717) is 13.2 Å². The average Bonchev–Trinajstić information content (AvgIpc) is 2.88. The van der Waals surface area contributed by atoms with E-state index in [2.05, 4.69) is 22.5 Å². The van der Waals surface area contributed by atoms with Gasteiger partial charge in [0.15, 0.2) is 0 Å². The molecule has 20 heavy (non-hydrogen) atoms. The van der Waals surface area contributed by atoms with Crippen LogP contribution < -0.4 is 10.1 Å². The third-order valence-corrected chi connectivity index (χ3v) is 3.10. The number of ether oxygens (including phenoxy) is 2. The number of nitrogens with zero attached hydrogens (tertiary/aromatic N) is 2. The molecule has 0 saturated carbocycles. The quantitative estimate of drug-likeness (QED) is 0.843. The number of rotatable bonds is 7. The third-order valence-electron chi connectivity index (χ3n) is 3.10. The lowest BCUT2D eigenvalue weighted by molar-refractivity contribution is 0.132. The van der Waals surface area contributed by atoms with Crippen molar-refractivity contribution in [2.24, 2.45) is 7.05 Å². The van der Waals surface area contributed by atoms with Gasteiger partial charge in [-0.15, -0.1) is 0 Å². The Balaban J connectivity index is 2.06. The summed E-state index contributed by atoms with van der Waals surface area (Å²) in [6.07, 6.45) is 1.77.